The lowest BCUT2D eigenvalue weighted by Gasteiger charge is -1.82. The molecule has 1 aliphatic carbocycles. The molecule has 0 unspecified atom stereocenters. The number of methoxy groups -OCH3 is 1. The molecule has 0 saturated heterocycles. The summed E-state index contributed by atoms with van der Waals surface area (Å²) in [5, 5.41) is 1.71. The molecule has 0 radical (unpaired) electrons. The number of H-pyrrole nitrogens is 1. The van der Waals surface area contributed by atoms with E-state index in [4.69, 9.17) is 0 Å². The normalized spacial score (nSPS) is 13.8. The maximum atomic E-state index is 10.6. The molecule has 16 heavy (non-hydrogen) atoms. The van der Waals surface area contributed by atoms with Crippen LogP contribution in [-0.2, 0) is 9.53 Å². The third-order valence-corrected chi connectivity index (χ3v) is 1.75. The number of nitrogens with one attached hydrogen (secondary N) is 1. The lowest BCUT2D eigenvalue weighted by molar-refractivity contribution is -0.104. The van der Waals surface area contributed by atoms with Crippen molar-refractivity contribution in [3.63, 3.8) is 0 Å². The number of aldehydes is 1. The molecular weight excluding hydrogens is 202 g/mol. The molecule has 1 aromatic rings. The Morgan fingerprint density at radius 3 is 2.88 bits per heavy atom. The third kappa shape index (κ3) is 3.26. The average molecular weight is 215 g/mol. The molecule has 1 aliphatic rings. The molecule has 3 heteroatoms. The minimum Gasteiger partial charge on any atom is -0.388 e. The van der Waals surface area contributed by atoms with E-state index < -0.39 is 0 Å². The Hall–Kier alpha value is -2.05. The van der Waals surface area contributed by atoms with Crippen LogP contribution in [0.1, 0.15) is 0 Å². The zero-order valence-corrected chi connectivity index (χ0v) is 9.28. The predicted molar refractivity (Wildman–Crippen MR) is 63.1 cm³/mol. The van der Waals surface area contributed by atoms with Crippen molar-refractivity contribution in [2.24, 2.45) is 0 Å². The van der Waals surface area contributed by atoms with E-state index in [1.54, 1.807) is 38.6 Å². The number of ether oxygens (including phenoxy) is 1. The Morgan fingerprint density at radius 1 is 1.44 bits per heavy atom. The number of carbonyl (C=O) groups excluding carboxylic acids is 1. The molecule has 0 atom stereocenters. The van der Waals surface area contributed by atoms with Gasteiger partial charge in [-0.05, 0) is 18.2 Å². The van der Waals surface area contributed by atoms with Crippen molar-refractivity contribution in [1.29, 1.82) is 0 Å². The number of fused-ring (bicyclic) bond motifs is 1. The number of hydrogen-bond donors (Lipinski definition) is 1. The topological polar surface area (TPSA) is 42.1 Å². The molecule has 82 valence electrons. The van der Waals surface area contributed by atoms with Gasteiger partial charge in [-0.2, -0.15) is 0 Å². The Balaban J connectivity index is 0.000000386. The molecule has 2 rings (SSSR count). The van der Waals surface area contributed by atoms with Crippen LogP contribution >= 0.6 is 0 Å². The van der Waals surface area contributed by atoms with E-state index in [1.807, 2.05) is 6.07 Å². The highest BCUT2D eigenvalue weighted by Crippen LogP contribution is 1.89. The van der Waals surface area contributed by atoms with Gasteiger partial charge in [-0.15, -0.1) is 0 Å². The van der Waals surface area contributed by atoms with Crippen molar-refractivity contribution in [2.75, 3.05) is 14.2 Å². The molecule has 1 aromatic heterocycles. The highest BCUT2D eigenvalue weighted by molar-refractivity contribution is 5.81. The second kappa shape index (κ2) is 6.44. The first kappa shape index (κ1) is 12.0. The van der Waals surface area contributed by atoms with Crippen LogP contribution in [0, 0.1) is 0 Å². The van der Waals surface area contributed by atoms with Crippen molar-refractivity contribution in [2.45, 2.75) is 0 Å². The number of hydrogen-bond acceptors (Lipinski definition) is 2. The highest BCUT2D eigenvalue weighted by atomic mass is 16.4. The van der Waals surface area contributed by atoms with Gasteiger partial charge in [0.25, 0.3) is 0 Å². The van der Waals surface area contributed by atoms with E-state index in [-0.39, 0.29) is 0 Å². The number of allylic oxidation sites excluding steroid dienone is 4. The van der Waals surface area contributed by atoms with Crippen LogP contribution in [0.15, 0.2) is 36.1 Å². The molecule has 3 nitrogen and oxygen atoms in total. The van der Waals surface area contributed by atoms with Crippen molar-refractivity contribution in [1.82, 2.24) is 4.98 Å². The fourth-order valence-electron chi connectivity index (χ4n) is 1.14. The first-order valence-electron chi connectivity index (χ1n) is 4.75. The molecule has 0 aliphatic heterocycles. The van der Waals surface area contributed by atoms with E-state index in [1.165, 1.54) is 0 Å². The van der Waals surface area contributed by atoms with E-state index in [9.17, 15) is 4.79 Å². The summed E-state index contributed by atoms with van der Waals surface area (Å²) >= 11 is 0. The number of carbonyl (C=O) groups is 1. The second-order valence-electron chi connectivity index (χ2n) is 3.04. The zero-order valence-electron chi connectivity index (χ0n) is 9.28. The maximum Gasteiger partial charge on any atom is 0.157 e. The van der Waals surface area contributed by atoms with Crippen LogP contribution in [0.3, 0.4) is 0 Å². The summed E-state index contributed by atoms with van der Waals surface area (Å²) < 4.78 is 4.25. The molecule has 0 amide bonds. The highest BCUT2D eigenvalue weighted by Gasteiger charge is 1.88. The summed E-state index contributed by atoms with van der Waals surface area (Å²) in [7, 11) is 3.25. The smallest absolute Gasteiger partial charge is 0.157 e. The van der Waals surface area contributed by atoms with E-state index in [0.29, 0.717) is 5.57 Å². The summed E-state index contributed by atoms with van der Waals surface area (Å²) in [6.07, 6.45) is 7.81. The molecule has 1 heterocycles. The van der Waals surface area contributed by atoms with Crippen molar-refractivity contribution in [3.05, 3.63) is 46.6 Å². The monoisotopic (exact) mass is 215 g/mol. The minimum atomic E-state index is 0.540. The largest absolute Gasteiger partial charge is 0.388 e. The van der Waals surface area contributed by atoms with Gasteiger partial charge >= 0.3 is 0 Å². The molecule has 0 aromatic carbocycles. The van der Waals surface area contributed by atoms with Gasteiger partial charge in [0.1, 0.15) is 0 Å². The fourth-order valence-corrected chi connectivity index (χ4v) is 1.14. The lowest BCUT2D eigenvalue weighted by Crippen LogP contribution is -2.19. The Kier molecular flexibility index (Phi) is 4.84. The standard InChI is InChI=1S/C11H7NO.C2H6O/c13-8-9-3-1-2-4-11-10(7-9)5-6-12-11;1-3-2/h1-3,5-6,8,12H;1-2H3/b3-1-;. The van der Waals surface area contributed by atoms with E-state index in [2.05, 4.69) is 21.2 Å². The van der Waals surface area contributed by atoms with Crippen LogP contribution in [-0.4, -0.2) is 25.5 Å². The van der Waals surface area contributed by atoms with Crippen LogP contribution < -0.4 is 10.6 Å². The summed E-state index contributed by atoms with van der Waals surface area (Å²) in [5.41, 5.74) is 6.55. The molecule has 0 saturated carbocycles. The molecule has 0 fully saturated rings. The van der Waals surface area contributed by atoms with E-state index >= 15 is 0 Å². The average Bonchev–Trinajstić information content (AvgIpc) is 2.66. The van der Waals surface area contributed by atoms with Gasteiger partial charge in [-0.25, -0.2) is 0 Å². The SMILES string of the molecule is COC.O=CC1=C=c2cc[nH]c2=C=C/C=C\1. The number of aromatic amines is 1. The van der Waals surface area contributed by atoms with Gasteiger partial charge in [0.2, 0.25) is 0 Å². The summed E-state index contributed by atoms with van der Waals surface area (Å²) in [5.74, 6) is 0. The van der Waals surface area contributed by atoms with Gasteiger partial charge in [0.15, 0.2) is 6.29 Å². The van der Waals surface area contributed by atoms with E-state index in [0.717, 1.165) is 16.9 Å². The molecule has 0 spiro atoms. The Morgan fingerprint density at radius 2 is 2.19 bits per heavy atom. The molecule has 1 N–H and O–H groups in total. The van der Waals surface area contributed by atoms with Crippen LogP contribution in [0.2, 0.25) is 0 Å². The van der Waals surface area contributed by atoms with Crippen LogP contribution in [0.5, 0.6) is 0 Å². The van der Waals surface area contributed by atoms with Crippen molar-refractivity contribution >= 4 is 17.7 Å². The van der Waals surface area contributed by atoms with Gasteiger partial charge < -0.3 is 9.72 Å². The van der Waals surface area contributed by atoms with Gasteiger partial charge in [-0.1, -0.05) is 17.5 Å². The maximum absolute atomic E-state index is 10.6. The van der Waals surface area contributed by atoms with Gasteiger partial charge in [0, 0.05) is 20.4 Å². The fraction of sp³-hybridized carbons (Fsp3) is 0.154. The third-order valence-electron chi connectivity index (χ3n) is 1.75. The first-order chi connectivity index (χ1) is 7.81. The summed E-state index contributed by atoms with van der Waals surface area (Å²) in [6.45, 7) is 0. The second-order valence-corrected chi connectivity index (χ2v) is 3.04. The number of aromatic nitrogens is 1. The van der Waals surface area contributed by atoms with Gasteiger partial charge in [0.05, 0.1) is 16.1 Å². The quantitative estimate of drug-likeness (QED) is 0.684. The predicted octanol–water partition coefficient (Wildman–Crippen LogP) is 0.287. The first-order valence-corrected chi connectivity index (χ1v) is 4.75. The zero-order chi connectivity index (χ0) is 11.8. The summed E-state index contributed by atoms with van der Waals surface area (Å²) in [4.78, 5) is 13.6. The lowest BCUT2D eigenvalue weighted by atomic mass is 10.2. The van der Waals surface area contributed by atoms with Crippen LogP contribution in [0.25, 0.3) is 11.5 Å². The minimum absolute atomic E-state index is 0.540. The van der Waals surface area contributed by atoms with Crippen molar-refractivity contribution < 1.29 is 9.53 Å². The Labute approximate surface area is 93.8 Å². The Bertz CT molecular complexity index is 565. The van der Waals surface area contributed by atoms with Crippen molar-refractivity contribution in [3.8, 4) is 0 Å². The molecule has 0 bridgehead atoms. The van der Waals surface area contributed by atoms with Gasteiger partial charge in [-0.3, -0.25) is 4.79 Å². The molecular formula is C13H13NO2. The number of rotatable bonds is 1. The summed E-state index contributed by atoms with van der Waals surface area (Å²) in [6, 6.07) is 1.86. The van der Waals surface area contributed by atoms with Crippen LogP contribution in [0.4, 0.5) is 0 Å².